The van der Waals surface area contributed by atoms with E-state index in [9.17, 15) is 24.3 Å². The highest BCUT2D eigenvalue weighted by Crippen LogP contribution is 2.30. The molecule has 33 heavy (non-hydrogen) atoms. The first-order valence-electron chi connectivity index (χ1n) is 10.1. The van der Waals surface area contributed by atoms with Gasteiger partial charge in [-0.05, 0) is 48.6 Å². The van der Waals surface area contributed by atoms with Gasteiger partial charge < -0.3 is 10.4 Å². The number of carbonyl (C=O) groups is 2. The van der Waals surface area contributed by atoms with Crippen molar-refractivity contribution in [3.8, 4) is 17.2 Å². The van der Waals surface area contributed by atoms with Crippen molar-refractivity contribution < 1.29 is 19.1 Å². The molecule has 3 aromatic rings. The standard InChI is InChI=1S/C23H21ClFN5O3/c1-2-23(13-26,22(32)33)11-17(28-21(31)20-12-27-30-29-20)9-14-3-5-15(6-4-14)18-10-16(24)7-8-19(18)25/h3-8,10,12,17H,2,9,11H2,1H3,(H,28,31)(H,32,33)(H,27,29,30)/t17-,23?/m1/s1. The molecule has 2 aromatic carbocycles. The van der Waals surface area contributed by atoms with Gasteiger partial charge in [0.25, 0.3) is 5.91 Å². The Balaban J connectivity index is 1.86. The molecule has 1 aromatic heterocycles. The number of carbonyl (C=O) groups excluding carboxylic acids is 1. The van der Waals surface area contributed by atoms with E-state index in [-0.39, 0.29) is 25.0 Å². The van der Waals surface area contributed by atoms with Crippen LogP contribution in [0.25, 0.3) is 11.1 Å². The highest BCUT2D eigenvalue weighted by molar-refractivity contribution is 6.30. The molecule has 10 heteroatoms. The number of carboxylic acid groups (broad SMARTS) is 1. The van der Waals surface area contributed by atoms with Crippen LogP contribution in [0.4, 0.5) is 4.39 Å². The van der Waals surface area contributed by atoms with Gasteiger partial charge in [0.05, 0.1) is 12.3 Å². The van der Waals surface area contributed by atoms with Gasteiger partial charge in [0.15, 0.2) is 11.1 Å². The number of hydrogen-bond acceptors (Lipinski definition) is 5. The third-order valence-electron chi connectivity index (χ3n) is 5.48. The number of H-pyrrole nitrogens is 1. The van der Waals surface area contributed by atoms with Crippen LogP contribution in [0, 0.1) is 22.6 Å². The van der Waals surface area contributed by atoms with Crippen LogP contribution in [0.2, 0.25) is 5.02 Å². The molecule has 1 unspecified atom stereocenters. The van der Waals surface area contributed by atoms with E-state index in [0.29, 0.717) is 16.1 Å². The molecule has 8 nitrogen and oxygen atoms in total. The summed E-state index contributed by atoms with van der Waals surface area (Å²) in [7, 11) is 0. The Morgan fingerprint density at radius 1 is 1.30 bits per heavy atom. The van der Waals surface area contributed by atoms with Gasteiger partial charge in [0, 0.05) is 16.6 Å². The Bertz CT molecular complexity index is 1180. The Morgan fingerprint density at radius 3 is 2.61 bits per heavy atom. The fourth-order valence-corrected chi connectivity index (χ4v) is 3.72. The number of nitriles is 1. The number of halogens is 2. The lowest BCUT2D eigenvalue weighted by Crippen LogP contribution is -2.43. The summed E-state index contributed by atoms with van der Waals surface area (Å²) in [6.07, 6.45) is 1.46. The highest BCUT2D eigenvalue weighted by atomic mass is 35.5. The molecule has 0 radical (unpaired) electrons. The fraction of sp³-hybridized carbons (Fsp3) is 0.261. The minimum Gasteiger partial charge on any atom is -0.480 e. The van der Waals surface area contributed by atoms with Crippen LogP contribution in [0.3, 0.4) is 0 Å². The summed E-state index contributed by atoms with van der Waals surface area (Å²) in [5.41, 5.74) is 0.116. The van der Waals surface area contributed by atoms with E-state index in [1.54, 1.807) is 31.2 Å². The number of benzene rings is 2. The van der Waals surface area contributed by atoms with E-state index < -0.39 is 29.2 Å². The zero-order valence-corrected chi connectivity index (χ0v) is 18.4. The zero-order chi connectivity index (χ0) is 24.0. The number of aromatic nitrogens is 3. The smallest absolute Gasteiger partial charge is 0.324 e. The Morgan fingerprint density at radius 2 is 2.03 bits per heavy atom. The molecular formula is C23H21ClFN5O3. The molecule has 0 fully saturated rings. The summed E-state index contributed by atoms with van der Waals surface area (Å²) in [6.45, 7) is 1.61. The summed E-state index contributed by atoms with van der Waals surface area (Å²) >= 11 is 5.98. The average molecular weight is 470 g/mol. The summed E-state index contributed by atoms with van der Waals surface area (Å²) in [5.74, 6) is -2.20. The molecule has 0 spiro atoms. The lowest BCUT2D eigenvalue weighted by molar-refractivity contribution is -0.146. The average Bonchev–Trinajstić information content (AvgIpc) is 3.34. The van der Waals surface area contributed by atoms with Crippen LogP contribution in [0.15, 0.2) is 48.7 Å². The van der Waals surface area contributed by atoms with Crippen molar-refractivity contribution in [3.05, 3.63) is 70.8 Å². The fourth-order valence-electron chi connectivity index (χ4n) is 3.54. The van der Waals surface area contributed by atoms with Gasteiger partial charge in [-0.25, -0.2) is 4.39 Å². The van der Waals surface area contributed by atoms with E-state index >= 15 is 0 Å². The lowest BCUT2D eigenvalue weighted by atomic mass is 9.79. The van der Waals surface area contributed by atoms with Crippen molar-refractivity contribution >= 4 is 23.5 Å². The molecule has 1 amide bonds. The second kappa shape index (κ2) is 10.2. The maximum Gasteiger partial charge on any atom is 0.324 e. The number of amides is 1. The number of carboxylic acids is 1. The summed E-state index contributed by atoms with van der Waals surface area (Å²) < 4.78 is 14.2. The largest absolute Gasteiger partial charge is 0.480 e. The van der Waals surface area contributed by atoms with E-state index in [4.69, 9.17) is 11.6 Å². The molecule has 2 atom stereocenters. The minimum atomic E-state index is -1.66. The SMILES string of the molecule is CCC(C#N)(C[C@@H](Cc1ccc(-c2cc(Cl)ccc2F)cc1)NC(=O)c1cn[nH]n1)C(=O)O. The predicted octanol–water partition coefficient (Wildman–Crippen LogP) is 4.00. The summed E-state index contributed by atoms with van der Waals surface area (Å²) in [6, 6.07) is 12.4. The maximum absolute atomic E-state index is 14.2. The van der Waals surface area contributed by atoms with Crippen molar-refractivity contribution in [1.82, 2.24) is 20.7 Å². The first-order chi connectivity index (χ1) is 15.8. The Kier molecular flexibility index (Phi) is 7.41. The van der Waals surface area contributed by atoms with E-state index in [1.165, 1.54) is 24.4 Å². The number of rotatable bonds is 9. The van der Waals surface area contributed by atoms with Crippen molar-refractivity contribution in [2.24, 2.45) is 5.41 Å². The highest BCUT2D eigenvalue weighted by Gasteiger charge is 2.40. The maximum atomic E-state index is 14.2. The lowest BCUT2D eigenvalue weighted by Gasteiger charge is -2.27. The molecule has 0 saturated carbocycles. The number of hydrogen-bond donors (Lipinski definition) is 3. The first kappa shape index (κ1) is 23.9. The number of nitrogens with zero attached hydrogens (tertiary/aromatic N) is 3. The topological polar surface area (TPSA) is 132 Å². The van der Waals surface area contributed by atoms with Gasteiger partial charge in [0.1, 0.15) is 5.82 Å². The third-order valence-corrected chi connectivity index (χ3v) is 5.72. The number of nitrogens with one attached hydrogen (secondary N) is 2. The van der Waals surface area contributed by atoms with Crippen LogP contribution >= 0.6 is 11.6 Å². The first-order valence-corrected chi connectivity index (χ1v) is 10.5. The molecule has 0 aliphatic heterocycles. The monoisotopic (exact) mass is 469 g/mol. The zero-order valence-electron chi connectivity index (χ0n) is 17.7. The van der Waals surface area contributed by atoms with Gasteiger partial charge in [-0.2, -0.15) is 20.7 Å². The normalized spacial score (nSPS) is 13.5. The van der Waals surface area contributed by atoms with Crippen LogP contribution < -0.4 is 5.32 Å². The predicted molar refractivity (Wildman–Crippen MR) is 119 cm³/mol. The van der Waals surface area contributed by atoms with E-state index in [0.717, 1.165) is 5.56 Å². The van der Waals surface area contributed by atoms with Crippen molar-refractivity contribution in [3.63, 3.8) is 0 Å². The molecule has 3 N–H and O–H groups in total. The van der Waals surface area contributed by atoms with Gasteiger partial charge >= 0.3 is 5.97 Å². The molecule has 170 valence electrons. The molecule has 0 aliphatic rings. The molecular weight excluding hydrogens is 449 g/mol. The quantitative estimate of drug-likeness (QED) is 0.434. The molecule has 1 heterocycles. The van der Waals surface area contributed by atoms with Gasteiger partial charge in [-0.15, -0.1) is 0 Å². The second-order valence-corrected chi connectivity index (χ2v) is 8.04. The van der Waals surface area contributed by atoms with E-state index in [2.05, 4.69) is 20.7 Å². The van der Waals surface area contributed by atoms with Crippen LogP contribution in [-0.4, -0.2) is 38.4 Å². The van der Waals surface area contributed by atoms with Crippen molar-refractivity contribution in [1.29, 1.82) is 5.26 Å². The summed E-state index contributed by atoms with van der Waals surface area (Å²) in [5, 5.41) is 32.1. The van der Waals surface area contributed by atoms with Gasteiger partial charge in [-0.3, -0.25) is 9.59 Å². The number of aromatic amines is 1. The van der Waals surface area contributed by atoms with Gasteiger partial charge in [-0.1, -0.05) is 42.8 Å². The van der Waals surface area contributed by atoms with Crippen LogP contribution in [-0.2, 0) is 11.2 Å². The number of aliphatic carboxylic acids is 1. The molecule has 0 saturated heterocycles. The molecule has 3 rings (SSSR count). The Labute approximate surface area is 194 Å². The molecule has 0 bridgehead atoms. The van der Waals surface area contributed by atoms with Crippen molar-refractivity contribution in [2.45, 2.75) is 32.2 Å². The van der Waals surface area contributed by atoms with Crippen LogP contribution in [0.1, 0.15) is 35.8 Å². The van der Waals surface area contributed by atoms with E-state index in [1.807, 2.05) is 6.07 Å². The Hall–Kier alpha value is -3.77. The van der Waals surface area contributed by atoms with Crippen LogP contribution in [0.5, 0.6) is 0 Å². The molecule has 0 aliphatic carbocycles. The van der Waals surface area contributed by atoms with Gasteiger partial charge in [0.2, 0.25) is 0 Å². The van der Waals surface area contributed by atoms with Crippen molar-refractivity contribution in [2.75, 3.05) is 0 Å². The summed E-state index contributed by atoms with van der Waals surface area (Å²) in [4.78, 5) is 24.4. The third kappa shape index (κ3) is 5.54. The minimum absolute atomic E-state index is 0.0427. The second-order valence-electron chi connectivity index (χ2n) is 7.61.